The molecule has 0 radical (unpaired) electrons. The number of halogens is 2. The van der Waals surface area contributed by atoms with E-state index in [0.29, 0.717) is 25.2 Å². The van der Waals surface area contributed by atoms with Crippen molar-refractivity contribution in [2.45, 2.75) is 4.34 Å². The highest BCUT2D eigenvalue weighted by atomic mass is 35.5. The maximum atomic E-state index is 13.0. The van der Waals surface area contributed by atoms with E-state index < -0.39 is 0 Å². The number of hydrogen-bond donors (Lipinski definition) is 1. The Kier molecular flexibility index (Phi) is 6.23. The molecule has 0 unspecified atom stereocenters. The molecule has 1 N–H and O–H groups in total. The molecular formula is C17H10ClFN4OS3. The van der Waals surface area contributed by atoms with Crippen LogP contribution in [-0.2, 0) is 4.79 Å². The molecule has 0 atom stereocenters. The summed E-state index contributed by atoms with van der Waals surface area (Å²) < 4.78 is 15.7. The molecule has 136 valence electrons. The van der Waals surface area contributed by atoms with Gasteiger partial charge in [-0.05, 0) is 54.7 Å². The number of nitrogens with one attached hydrogen (secondary N) is 1. The Morgan fingerprint density at radius 1 is 1.37 bits per heavy atom. The molecule has 0 spiro atoms. The van der Waals surface area contributed by atoms with Gasteiger partial charge in [0.05, 0.1) is 22.0 Å². The molecule has 27 heavy (non-hydrogen) atoms. The SMILES string of the molecule is N#Cc1ccc(NC(=O)CSc2nn(-c3ccc(F)cc3)c(=S)s2)cc1Cl. The van der Waals surface area contributed by atoms with Gasteiger partial charge in [-0.15, -0.1) is 5.10 Å². The highest BCUT2D eigenvalue weighted by molar-refractivity contribution is 8.01. The van der Waals surface area contributed by atoms with E-state index in [2.05, 4.69) is 10.4 Å². The van der Waals surface area contributed by atoms with Gasteiger partial charge in [0.15, 0.2) is 8.29 Å². The van der Waals surface area contributed by atoms with Gasteiger partial charge in [-0.2, -0.15) is 5.26 Å². The molecular weight excluding hydrogens is 427 g/mol. The molecule has 10 heteroatoms. The van der Waals surface area contributed by atoms with Gasteiger partial charge in [0.1, 0.15) is 11.9 Å². The number of nitrogens with zero attached hydrogens (tertiary/aromatic N) is 3. The summed E-state index contributed by atoms with van der Waals surface area (Å²) in [4.78, 5) is 12.1. The van der Waals surface area contributed by atoms with Crippen LogP contribution >= 0.6 is 46.9 Å². The number of aromatic nitrogens is 2. The van der Waals surface area contributed by atoms with Gasteiger partial charge in [0, 0.05) is 5.69 Å². The van der Waals surface area contributed by atoms with Gasteiger partial charge in [-0.1, -0.05) is 34.7 Å². The third-order valence-electron chi connectivity index (χ3n) is 3.30. The number of hydrogen-bond acceptors (Lipinski definition) is 6. The summed E-state index contributed by atoms with van der Waals surface area (Å²) in [5.74, 6) is -0.450. The molecule has 3 rings (SSSR count). The van der Waals surface area contributed by atoms with Crippen molar-refractivity contribution >= 4 is 58.5 Å². The van der Waals surface area contributed by atoms with E-state index >= 15 is 0 Å². The molecule has 0 aliphatic heterocycles. The first-order valence-corrected chi connectivity index (χ1v) is 10.0. The number of carbonyl (C=O) groups excluding carboxylic acids is 1. The number of carbonyl (C=O) groups is 1. The van der Waals surface area contributed by atoms with Crippen molar-refractivity contribution in [3.8, 4) is 11.8 Å². The molecule has 1 heterocycles. The zero-order chi connectivity index (χ0) is 19.4. The molecule has 0 fully saturated rings. The normalized spacial score (nSPS) is 10.4. The van der Waals surface area contributed by atoms with E-state index in [9.17, 15) is 9.18 Å². The van der Waals surface area contributed by atoms with Gasteiger partial charge in [0.25, 0.3) is 0 Å². The van der Waals surface area contributed by atoms with E-state index in [1.165, 1.54) is 46.0 Å². The molecule has 0 saturated heterocycles. The van der Waals surface area contributed by atoms with Crippen LogP contribution < -0.4 is 5.32 Å². The molecule has 0 bridgehead atoms. The van der Waals surface area contributed by atoms with Crippen molar-refractivity contribution < 1.29 is 9.18 Å². The Morgan fingerprint density at radius 2 is 2.11 bits per heavy atom. The maximum Gasteiger partial charge on any atom is 0.234 e. The molecule has 3 aromatic rings. The van der Waals surface area contributed by atoms with Crippen molar-refractivity contribution in [2.75, 3.05) is 11.1 Å². The quantitative estimate of drug-likeness (QED) is 0.447. The lowest BCUT2D eigenvalue weighted by Crippen LogP contribution is -2.14. The second kappa shape index (κ2) is 8.63. The maximum absolute atomic E-state index is 13.0. The minimum atomic E-state index is -0.338. The summed E-state index contributed by atoms with van der Waals surface area (Å²) in [5.41, 5.74) is 1.50. The van der Waals surface area contributed by atoms with Crippen LogP contribution in [0.3, 0.4) is 0 Å². The standard InChI is InChI=1S/C17H10ClFN4OS3/c18-14-7-12(4-1-10(14)8-20)21-15(24)9-26-16-22-23(17(25)27-16)13-5-2-11(19)3-6-13/h1-7H,9H2,(H,21,24). The van der Waals surface area contributed by atoms with Crippen molar-refractivity contribution in [1.29, 1.82) is 5.26 Å². The highest BCUT2D eigenvalue weighted by Crippen LogP contribution is 2.25. The Bertz CT molecular complexity index is 1090. The van der Waals surface area contributed by atoms with Crippen molar-refractivity contribution in [3.63, 3.8) is 0 Å². The summed E-state index contributed by atoms with van der Waals surface area (Å²) in [5, 5.41) is 16.2. The van der Waals surface area contributed by atoms with Crippen LogP contribution in [0.15, 0.2) is 46.8 Å². The fourth-order valence-corrected chi connectivity index (χ4v) is 4.46. The summed E-state index contributed by atoms with van der Waals surface area (Å²) in [7, 11) is 0. The third-order valence-corrected chi connectivity index (χ3v) is 5.98. The fourth-order valence-electron chi connectivity index (χ4n) is 2.07. The Labute approximate surface area is 172 Å². The summed E-state index contributed by atoms with van der Waals surface area (Å²) in [6, 6.07) is 12.5. The van der Waals surface area contributed by atoms with Crippen molar-refractivity contribution in [1.82, 2.24) is 9.78 Å². The first-order valence-electron chi connectivity index (χ1n) is 7.44. The summed E-state index contributed by atoms with van der Waals surface area (Å²) >= 11 is 13.7. The lowest BCUT2D eigenvalue weighted by Gasteiger charge is -2.05. The predicted octanol–water partition coefficient (Wildman–Crippen LogP) is 5.06. The Morgan fingerprint density at radius 3 is 2.78 bits per heavy atom. The van der Waals surface area contributed by atoms with Crippen LogP contribution in [0.4, 0.5) is 10.1 Å². The molecule has 5 nitrogen and oxygen atoms in total. The van der Waals surface area contributed by atoms with Crippen LogP contribution in [0.1, 0.15) is 5.56 Å². The van der Waals surface area contributed by atoms with E-state index in [4.69, 9.17) is 29.1 Å². The number of rotatable bonds is 5. The second-order valence-electron chi connectivity index (χ2n) is 5.17. The summed E-state index contributed by atoms with van der Waals surface area (Å²) in [6.45, 7) is 0. The molecule has 1 aromatic heterocycles. The van der Waals surface area contributed by atoms with Gasteiger partial charge in [-0.3, -0.25) is 4.79 Å². The monoisotopic (exact) mass is 436 g/mol. The van der Waals surface area contributed by atoms with Crippen LogP contribution in [0, 0.1) is 21.1 Å². The lowest BCUT2D eigenvalue weighted by atomic mass is 10.2. The smallest absolute Gasteiger partial charge is 0.234 e. The number of amides is 1. The first-order chi connectivity index (χ1) is 13.0. The van der Waals surface area contributed by atoms with E-state index in [1.54, 1.807) is 24.3 Å². The van der Waals surface area contributed by atoms with Crippen molar-refractivity contribution in [2.24, 2.45) is 0 Å². The fraction of sp³-hybridized carbons (Fsp3) is 0.0588. The lowest BCUT2D eigenvalue weighted by molar-refractivity contribution is -0.113. The Hall–Kier alpha value is -2.25. The average molecular weight is 437 g/mol. The molecule has 0 saturated carbocycles. The van der Waals surface area contributed by atoms with E-state index in [-0.39, 0.29) is 22.5 Å². The third kappa shape index (κ3) is 4.93. The van der Waals surface area contributed by atoms with Crippen LogP contribution in [0.25, 0.3) is 5.69 Å². The number of thioether (sulfide) groups is 1. The van der Waals surface area contributed by atoms with Crippen LogP contribution in [-0.4, -0.2) is 21.4 Å². The minimum absolute atomic E-state index is 0.128. The van der Waals surface area contributed by atoms with Crippen LogP contribution in [0.5, 0.6) is 0 Å². The van der Waals surface area contributed by atoms with E-state index in [1.807, 2.05) is 6.07 Å². The zero-order valence-electron chi connectivity index (χ0n) is 13.5. The molecule has 1 amide bonds. The van der Waals surface area contributed by atoms with Crippen LogP contribution in [0.2, 0.25) is 5.02 Å². The minimum Gasteiger partial charge on any atom is -0.325 e. The summed E-state index contributed by atoms with van der Waals surface area (Å²) in [6.07, 6.45) is 0. The molecule has 0 aliphatic carbocycles. The van der Waals surface area contributed by atoms with Gasteiger partial charge < -0.3 is 5.32 Å². The Balaban J connectivity index is 1.63. The molecule has 0 aliphatic rings. The number of anilines is 1. The first kappa shape index (κ1) is 19.5. The zero-order valence-corrected chi connectivity index (χ0v) is 16.7. The predicted molar refractivity (Wildman–Crippen MR) is 108 cm³/mol. The van der Waals surface area contributed by atoms with Gasteiger partial charge in [-0.25, -0.2) is 9.07 Å². The highest BCUT2D eigenvalue weighted by Gasteiger charge is 2.10. The van der Waals surface area contributed by atoms with Gasteiger partial charge in [0.2, 0.25) is 5.91 Å². The number of benzene rings is 2. The molecule has 2 aromatic carbocycles. The van der Waals surface area contributed by atoms with E-state index in [0.717, 1.165) is 0 Å². The largest absolute Gasteiger partial charge is 0.325 e. The topological polar surface area (TPSA) is 70.7 Å². The second-order valence-corrected chi connectivity index (χ2v) is 8.42. The average Bonchev–Trinajstić information content (AvgIpc) is 3.01. The number of nitriles is 1. The van der Waals surface area contributed by atoms with Gasteiger partial charge >= 0.3 is 0 Å². The van der Waals surface area contributed by atoms with Crippen molar-refractivity contribution in [3.05, 3.63) is 62.8 Å².